The van der Waals surface area contributed by atoms with E-state index in [-0.39, 0.29) is 111 Å². The van der Waals surface area contributed by atoms with Crippen molar-refractivity contribution in [3.05, 3.63) is 234 Å². The van der Waals surface area contributed by atoms with E-state index in [0.717, 1.165) is 0 Å². The molecule has 24 heteroatoms. The van der Waals surface area contributed by atoms with Crippen LogP contribution in [0.3, 0.4) is 0 Å². The highest BCUT2D eigenvalue weighted by molar-refractivity contribution is 6.04. The summed E-state index contributed by atoms with van der Waals surface area (Å²) in [6, 6.07) is 18.0. The maximum absolute atomic E-state index is 13.2. The Labute approximate surface area is 571 Å². The second-order valence-corrected chi connectivity index (χ2v) is 20.6. The summed E-state index contributed by atoms with van der Waals surface area (Å²) in [5.74, 6) is -6.09. The van der Waals surface area contributed by atoms with Gasteiger partial charge in [-0.05, 0) is 106 Å². The third kappa shape index (κ3) is 31.7. The molecule has 0 aliphatic heterocycles. The molecule has 0 amide bonds. The number of aliphatic hydroxyl groups excluding tert-OH is 3. The number of benzene rings is 3. The summed E-state index contributed by atoms with van der Waals surface area (Å²) >= 11 is 0. The number of rotatable bonds is 43. The van der Waals surface area contributed by atoms with Crippen LogP contribution in [-0.2, 0) is 81.5 Å². The van der Waals surface area contributed by atoms with Gasteiger partial charge in [0, 0.05) is 22.1 Å². The molecule has 0 heterocycles. The molecular weight excluding hydrogens is 1270 g/mol. The molecule has 0 saturated heterocycles. The smallest absolute Gasteiger partial charge is 0.341 e. The van der Waals surface area contributed by atoms with E-state index in [1.54, 1.807) is 74.6 Å². The lowest BCUT2D eigenvalue weighted by Gasteiger charge is -2.28. The predicted octanol–water partition coefficient (Wildman–Crippen LogP) is 9.82. The SMILES string of the molecule is C=C/C(=C\C=C\C(C)(C(=C)/C=C\C(=C/C)OCC(O)COC(=O)C/C=C\C=C/CC(=O)OCCOC(=O)C(=C)CC)c1ccc(OCC(O)COC(=O)c2ccccc2C(=O)OCCOC(=O)C(=C)C)cc1)OCC(O)OC(=O)c1ccccc1C(=O)OCCOC(=O)C(=C)C.CC. The van der Waals surface area contributed by atoms with Gasteiger partial charge in [-0.3, -0.25) is 9.59 Å². The van der Waals surface area contributed by atoms with Crippen LogP contribution in [0.4, 0.5) is 0 Å². The van der Waals surface area contributed by atoms with Gasteiger partial charge in [-0.25, -0.2) is 33.6 Å². The minimum Gasteiger partial charge on any atom is -0.491 e. The molecule has 3 N–H and O–H groups in total. The van der Waals surface area contributed by atoms with Crippen molar-refractivity contribution in [1.82, 2.24) is 0 Å². The molecule has 0 aliphatic carbocycles. The van der Waals surface area contributed by atoms with Gasteiger partial charge in [-0.15, -0.1) is 0 Å². The average Bonchev–Trinajstić information content (AvgIpc) is 0.812. The molecule has 3 aromatic carbocycles. The topological polar surface area (TPSA) is 325 Å². The van der Waals surface area contributed by atoms with E-state index in [0.29, 0.717) is 34.6 Å². The van der Waals surface area contributed by atoms with Crippen molar-refractivity contribution in [2.75, 3.05) is 72.7 Å². The van der Waals surface area contributed by atoms with Crippen molar-refractivity contribution in [2.24, 2.45) is 0 Å². The Hall–Kier alpha value is -10.7. The van der Waals surface area contributed by atoms with Crippen molar-refractivity contribution in [1.29, 1.82) is 0 Å². The van der Waals surface area contributed by atoms with Crippen LogP contribution < -0.4 is 4.74 Å². The van der Waals surface area contributed by atoms with Crippen LogP contribution in [0.5, 0.6) is 5.75 Å². The maximum atomic E-state index is 13.2. The molecule has 24 nitrogen and oxygen atoms in total. The number of hydrogen-bond donors (Lipinski definition) is 3. The lowest BCUT2D eigenvalue weighted by Crippen LogP contribution is -2.26. The molecular formula is C74H88O24. The molecule has 0 spiro atoms. The fraction of sp³-hybridized carbons (Fsp3) is 0.338. The summed E-state index contributed by atoms with van der Waals surface area (Å²) < 4.78 is 63.2. The normalized spacial score (nSPS) is 12.8. The van der Waals surface area contributed by atoms with Crippen molar-refractivity contribution in [2.45, 2.75) is 91.6 Å². The van der Waals surface area contributed by atoms with Crippen LogP contribution in [0, 0.1) is 0 Å². The van der Waals surface area contributed by atoms with Crippen molar-refractivity contribution < 1.29 is 115 Å². The van der Waals surface area contributed by atoms with Crippen LogP contribution in [0.15, 0.2) is 206 Å². The fourth-order valence-corrected chi connectivity index (χ4v) is 7.45. The first-order valence-corrected chi connectivity index (χ1v) is 31.0. The third-order valence-corrected chi connectivity index (χ3v) is 12.9. The van der Waals surface area contributed by atoms with E-state index in [4.69, 9.17) is 56.8 Å². The summed E-state index contributed by atoms with van der Waals surface area (Å²) in [5.41, 5.74) is 0.0976. The summed E-state index contributed by atoms with van der Waals surface area (Å²) in [5, 5.41) is 32.2. The first-order valence-electron chi connectivity index (χ1n) is 31.0. The molecule has 0 bridgehead atoms. The fourth-order valence-electron chi connectivity index (χ4n) is 7.45. The zero-order valence-corrected chi connectivity index (χ0v) is 56.4. The van der Waals surface area contributed by atoms with Gasteiger partial charge >= 0.3 is 53.7 Å². The minimum atomic E-state index is -1.83. The van der Waals surface area contributed by atoms with Crippen LogP contribution in [-0.4, -0.2) is 160 Å². The Kier molecular flexibility index (Phi) is 39.5. The van der Waals surface area contributed by atoms with Crippen molar-refractivity contribution >= 4 is 53.7 Å². The number of carbonyl (C=O) groups excluding carboxylic acids is 9. The number of hydrogen-bond acceptors (Lipinski definition) is 24. The number of allylic oxidation sites excluding steroid dienone is 10. The van der Waals surface area contributed by atoms with Crippen LogP contribution >= 0.6 is 0 Å². The van der Waals surface area contributed by atoms with Crippen LogP contribution in [0.25, 0.3) is 0 Å². The van der Waals surface area contributed by atoms with Gasteiger partial charge in [0.2, 0.25) is 6.29 Å². The van der Waals surface area contributed by atoms with Gasteiger partial charge in [0.05, 0.1) is 35.1 Å². The van der Waals surface area contributed by atoms with Crippen LogP contribution in [0.2, 0.25) is 0 Å². The number of esters is 9. The quantitative estimate of drug-likeness (QED) is 0.00902. The Morgan fingerprint density at radius 2 is 0.949 bits per heavy atom. The van der Waals surface area contributed by atoms with E-state index in [1.165, 1.54) is 92.8 Å². The minimum absolute atomic E-state index is 0.0606. The molecule has 0 aliphatic rings. The Balaban J connectivity index is 0.0000162. The standard InChI is InChI=1S/C72H82O24.C2H6/c1-11-50(8)67(80)88-38-37-85-62(75)28-16-14-15-17-29-63(76)94-45-53(73)43-91-56(13-3)33-30-51(9)72(10,36-22-23-55(12-2)93-47-64(77)96-71(84)61-27-21-20-26-60(61)69(82)90-42-40-87-66(79)49(6)7)52-31-34-57(35-32-52)92-44-54(74)46-95-70(83)59-25-19-18-24-58(59)68(81)89-41-39-86-65(78)48(4)5;1-2/h12-27,30-36,53-54,64,73-74,77H,2,4,6,8-9,11,28-29,37-47H2,1,3,5,7,10H3;1-2H3/b16-14-,17-15-,33-30-,36-22+,55-23+,56-13+;. The number of aliphatic hydroxyl groups is 3. The summed E-state index contributed by atoms with van der Waals surface area (Å²) in [4.78, 5) is 111. The highest BCUT2D eigenvalue weighted by Gasteiger charge is 2.27. The van der Waals surface area contributed by atoms with E-state index in [1.807, 2.05) is 20.8 Å². The highest BCUT2D eigenvalue weighted by atomic mass is 16.7. The lowest BCUT2D eigenvalue weighted by atomic mass is 9.76. The Morgan fingerprint density at radius 3 is 1.45 bits per heavy atom. The van der Waals surface area contributed by atoms with E-state index in [9.17, 15) is 58.5 Å². The number of carbonyl (C=O) groups is 9. The van der Waals surface area contributed by atoms with E-state index >= 15 is 0 Å². The Bertz CT molecular complexity index is 3410. The van der Waals surface area contributed by atoms with Gasteiger partial charge in [-0.1, -0.05) is 133 Å². The first kappa shape index (κ1) is 83.4. The molecule has 3 aromatic rings. The predicted molar refractivity (Wildman–Crippen MR) is 361 cm³/mol. The lowest BCUT2D eigenvalue weighted by molar-refractivity contribution is -0.149. The highest BCUT2D eigenvalue weighted by Crippen LogP contribution is 2.35. The van der Waals surface area contributed by atoms with Gasteiger partial charge in [-0.2, -0.15) is 0 Å². The Morgan fingerprint density at radius 1 is 0.510 bits per heavy atom. The van der Waals surface area contributed by atoms with E-state index in [2.05, 4.69) is 32.9 Å². The molecule has 0 aromatic heterocycles. The van der Waals surface area contributed by atoms with Crippen LogP contribution in [0.1, 0.15) is 115 Å². The summed E-state index contributed by atoms with van der Waals surface area (Å²) in [6.45, 7) is 27.5. The van der Waals surface area contributed by atoms with Crippen molar-refractivity contribution in [3.63, 3.8) is 0 Å². The monoisotopic (exact) mass is 1360 g/mol. The zero-order valence-electron chi connectivity index (χ0n) is 56.4. The molecule has 3 rings (SSSR count). The summed E-state index contributed by atoms with van der Waals surface area (Å²) in [6.07, 6.45) is 13.1. The van der Waals surface area contributed by atoms with E-state index < -0.39 is 90.9 Å². The third-order valence-electron chi connectivity index (χ3n) is 12.9. The van der Waals surface area contributed by atoms with Gasteiger partial charge in [0.25, 0.3) is 0 Å². The maximum Gasteiger partial charge on any atom is 0.341 e. The first-order chi connectivity index (χ1) is 46.8. The van der Waals surface area contributed by atoms with Gasteiger partial charge in [0.15, 0.2) is 6.61 Å². The van der Waals surface area contributed by atoms with Gasteiger partial charge in [0.1, 0.15) is 95.5 Å². The molecule has 4 unspecified atom stereocenters. The molecule has 4 atom stereocenters. The van der Waals surface area contributed by atoms with Crippen molar-refractivity contribution in [3.8, 4) is 5.75 Å². The molecule has 0 fully saturated rings. The molecule has 98 heavy (non-hydrogen) atoms. The average molecular weight is 1360 g/mol. The zero-order chi connectivity index (χ0) is 73.0. The second kappa shape index (κ2) is 46.4. The summed E-state index contributed by atoms with van der Waals surface area (Å²) in [7, 11) is 0. The van der Waals surface area contributed by atoms with Gasteiger partial charge < -0.3 is 72.2 Å². The molecule has 528 valence electrons. The second-order valence-electron chi connectivity index (χ2n) is 20.6. The molecule has 0 radical (unpaired) electrons. The number of ether oxygens (including phenoxy) is 12. The molecule has 0 saturated carbocycles. The largest absolute Gasteiger partial charge is 0.491 e.